The highest BCUT2D eigenvalue weighted by molar-refractivity contribution is 4.46. The lowest BCUT2D eigenvalue weighted by atomic mass is 10.2. The molecule has 0 saturated carbocycles. The van der Waals surface area contributed by atoms with Gasteiger partial charge in [-0.05, 0) is 12.8 Å². The van der Waals surface area contributed by atoms with Crippen LogP contribution in [0.2, 0.25) is 0 Å². The Balaban J connectivity index is 2.70. The van der Waals surface area contributed by atoms with E-state index >= 15 is 0 Å². The first-order valence-electron chi connectivity index (χ1n) is 3.58. The van der Waals surface area contributed by atoms with Gasteiger partial charge in [0.25, 0.3) is 0 Å². The molecule has 0 aromatic rings. The standard InChI is InChI=1S/C6H14N2O2/c9-7-5-3-1-2-4-6-8-10/h7,9H,1-6H2. The Kier molecular flexibility index (Phi) is 8.11. The Morgan fingerprint density at radius 1 is 1.20 bits per heavy atom. The van der Waals surface area contributed by atoms with Crippen molar-refractivity contribution in [2.75, 3.05) is 13.1 Å². The zero-order valence-electron chi connectivity index (χ0n) is 6.05. The van der Waals surface area contributed by atoms with Crippen molar-refractivity contribution in [2.24, 2.45) is 5.18 Å². The van der Waals surface area contributed by atoms with Gasteiger partial charge in [0.1, 0.15) is 0 Å². The van der Waals surface area contributed by atoms with Crippen LogP contribution in [0.3, 0.4) is 0 Å². The van der Waals surface area contributed by atoms with Gasteiger partial charge in [-0.3, -0.25) is 0 Å². The number of nitroso groups, excluding NO2 is 1. The van der Waals surface area contributed by atoms with Crippen LogP contribution in [0.4, 0.5) is 0 Å². The Bertz CT molecular complexity index is 78.1. The van der Waals surface area contributed by atoms with Gasteiger partial charge in [0.15, 0.2) is 0 Å². The van der Waals surface area contributed by atoms with Crippen LogP contribution in [-0.4, -0.2) is 18.3 Å². The van der Waals surface area contributed by atoms with Crippen molar-refractivity contribution < 1.29 is 5.21 Å². The van der Waals surface area contributed by atoms with Gasteiger partial charge in [-0.1, -0.05) is 18.0 Å². The van der Waals surface area contributed by atoms with Gasteiger partial charge in [-0.2, -0.15) is 4.91 Å². The number of nitrogens with one attached hydrogen (secondary N) is 1. The normalized spacial score (nSPS) is 9.70. The molecule has 2 N–H and O–H groups in total. The summed E-state index contributed by atoms with van der Waals surface area (Å²) in [6.45, 7) is 1.06. The van der Waals surface area contributed by atoms with E-state index in [-0.39, 0.29) is 0 Å². The molecule has 60 valence electrons. The monoisotopic (exact) mass is 146 g/mol. The van der Waals surface area contributed by atoms with E-state index in [2.05, 4.69) is 10.7 Å². The highest BCUT2D eigenvalue weighted by atomic mass is 16.5. The van der Waals surface area contributed by atoms with E-state index in [4.69, 9.17) is 5.21 Å². The summed E-state index contributed by atoms with van der Waals surface area (Å²) in [7, 11) is 0. The smallest absolute Gasteiger partial charge is 0.0811 e. The van der Waals surface area contributed by atoms with Crippen molar-refractivity contribution in [3.8, 4) is 0 Å². The van der Waals surface area contributed by atoms with E-state index in [1.807, 2.05) is 0 Å². The number of hydrogen-bond acceptors (Lipinski definition) is 4. The van der Waals surface area contributed by atoms with Gasteiger partial charge >= 0.3 is 0 Å². The van der Waals surface area contributed by atoms with Crippen LogP contribution in [0, 0.1) is 4.91 Å². The van der Waals surface area contributed by atoms with Crippen molar-refractivity contribution in [1.82, 2.24) is 5.48 Å². The van der Waals surface area contributed by atoms with Crippen LogP contribution >= 0.6 is 0 Å². The van der Waals surface area contributed by atoms with E-state index in [9.17, 15) is 4.91 Å². The van der Waals surface area contributed by atoms with Gasteiger partial charge in [0, 0.05) is 6.54 Å². The minimum absolute atomic E-state index is 0.423. The van der Waals surface area contributed by atoms with Gasteiger partial charge in [0.05, 0.1) is 6.54 Å². The summed E-state index contributed by atoms with van der Waals surface area (Å²) < 4.78 is 0. The molecular weight excluding hydrogens is 132 g/mol. The molecule has 0 spiro atoms. The molecule has 0 aromatic heterocycles. The van der Waals surface area contributed by atoms with Crippen molar-refractivity contribution in [3.63, 3.8) is 0 Å². The molecule has 0 fully saturated rings. The molecule has 0 rings (SSSR count). The number of nitrogens with zero attached hydrogens (tertiary/aromatic N) is 1. The Labute approximate surface area is 60.6 Å². The fourth-order valence-corrected chi connectivity index (χ4v) is 0.734. The lowest BCUT2D eigenvalue weighted by Gasteiger charge is -1.96. The summed E-state index contributed by atoms with van der Waals surface area (Å²) in [4.78, 5) is 9.59. The molecule has 0 aliphatic heterocycles. The minimum Gasteiger partial charge on any atom is -0.317 e. The van der Waals surface area contributed by atoms with E-state index in [0.717, 1.165) is 25.7 Å². The third-order valence-corrected chi connectivity index (χ3v) is 1.29. The molecule has 10 heavy (non-hydrogen) atoms. The SMILES string of the molecule is O=NCCCCCCNO. The molecule has 4 heteroatoms. The third kappa shape index (κ3) is 7.52. The van der Waals surface area contributed by atoms with Crippen molar-refractivity contribution in [2.45, 2.75) is 25.7 Å². The van der Waals surface area contributed by atoms with Crippen LogP contribution in [-0.2, 0) is 0 Å². The van der Waals surface area contributed by atoms with Crippen molar-refractivity contribution >= 4 is 0 Å². The minimum atomic E-state index is 0.423. The quantitative estimate of drug-likeness (QED) is 0.323. The lowest BCUT2D eigenvalue weighted by molar-refractivity contribution is 0.164. The van der Waals surface area contributed by atoms with Gasteiger partial charge < -0.3 is 5.21 Å². The molecule has 0 saturated heterocycles. The number of rotatable bonds is 7. The second-order valence-electron chi connectivity index (χ2n) is 2.18. The van der Waals surface area contributed by atoms with Crippen LogP contribution in [0.5, 0.6) is 0 Å². The second-order valence-corrected chi connectivity index (χ2v) is 2.18. The first kappa shape index (κ1) is 9.52. The fraction of sp³-hybridized carbons (Fsp3) is 1.00. The zero-order chi connectivity index (χ0) is 7.66. The van der Waals surface area contributed by atoms with Gasteiger partial charge in [0.2, 0.25) is 0 Å². The number of hydroxylamine groups is 1. The highest BCUT2D eigenvalue weighted by Gasteiger charge is 1.88. The van der Waals surface area contributed by atoms with E-state index in [1.165, 1.54) is 0 Å². The summed E-state index contributed by atoms with van der Waals surface area (Å²) in [6, 6.07) is 0. The van der Waals surface area contributed by atoms with Crippen LogP contribution in [0.25, 0.3) is 0 Å². The van der Waals surface area contributed by atoms with E-state index < -0.39 is 0 Å². The summed E-state index contributed by atoms with van der Waals surface area (Å²) in [5.41, 5.74) is 2.07. The fourth-order valence-electron chi connectivity index (χ4n) is 0.734. The molecule has 0 aliphatic carbocycles. The largest absolute Gasteiger partial charge is 0.317 e. The molecule has 0 atom stereocenters. The summed E-state index contributed by atoms with van der Waals surface area (Å²) >= 11 is 0. The maximum atomic E-state index is 9.59. The highest BCUT2D eigenvalue weighted by Crippen LogP contribution is 1.98. The van der Waals surface area contributed by atoms with Crippen LogP contribution in [0.1, 0.15) is 25.7 Å². The van der Waals surface area contributed by atoms with E-state index in [0.29, 0.717) is 13.1 Å². The average molecular weight is 146 g/mol. The topological polar surface area (TPSA) is 61.7 Å². The molecule has 0 unspecified atom stereocenters. The Morgan fingerprint density at radius 2 is 1.90 bits per heavy atom. The van der Waals surface area contributed by atoms with Crippen molar-refractivity contribution in [3.05, 3.63) is 4.91 Å². The summed E-state index contributed by atoms with van der Waals surface area (Å²) in [6.07, 6.45) is 3.89. The zero-order valence-corrected chi connectivity index (χ0v) is 6.05. The first-order valence-corrected chi connectivity index (χ1v) is 3.58. The lowest BCUT2D eigenvalue weighted by Crippen LogP contribution is -2.07. The van der Waals surface area contributed by atoms with Crippen LogP contribution < -0.4 is 5.48 Å². The van der Waals surface area contributed by atoms with Crippen LogP contribution in [0.15, 0.2) is 5.18 Å². The molecule has 0 aliphatic rings. The Morgan fingerprint density at radius 3 is 2.50 bits per heavy atom. The maximum Gasteiger partial charge on any atom is 0.0811 e. The predicted octanol–water partition coefficient (Wildman–Crippen LogP) is 1.29. The second kappa shape index (κ2) is 8.52. The molecule has 0 bridgehead atoms. The summed E-state index contributed by atoms with van der Waals surface area (Å²) in [5, 5.41) is 10.9. The molecule has 0 radical (unpaired) electrons. The molecule has 0 amide bonds. The molecular formula is C6H14N2O2. The van der Waals surface area contributed by atoms with Gasteiger partial charge in [-0.25, -0.2) is 5.48 Å². The number of hydrogen-bond donors (Lipinski definition) is 2. The third-order valence-electron chi connectivity index (χ3n) is 1.29. The predicted molar refractivity (Wildman–Crippen MR) is 38.9 cm³/mol. The number of unbranched alkanes of at least 4 members (excludes halogenated alkanes) is 3. The van der Waals surface area contributed by atoms with Gasteiger partial charge in [-0.15, -0.1) is 0 Å². The van der Waals surface area contributed by atoms with E-state index in [1.54, 1.807) is 0 Å². The average Bonchev–Trinajstić information content (AvgIpc) is 1.97. The first-order chi connectivity index (χ1) is 4.91. The Hall–Kier alpha value is -0.480. The van der Waals surface area contributed by atoms with Crippen molar-refractivity contribution in [1.29, 1.82) is 0 Å². The summed E-state index contributed by atoms with van der Waals surface area (Å²) in [5.74, 6) is 0. The maximum absolute atomic E-state index is 9.59. The molecule has 0 heterocycles. The molecule has 4 nitrogen and oxygen atoms in total. The molecule has 0 aromatic carbocycles.